The zero-order chi connectivity index (χ0) is 11.5. The second kappa shape index (κ2) is 4.10. The van der Waals surface area contributed by atoms with Gasteiger partial charge in [0.1, 0.15) is 12.2 Å². The van der Waals surface area contributed by atoms with Crippen molar-refractivity contribution in [2.24, 2.45) is 0 Å². The Kier molecular flexibility index (Phi) is 2.32. The molecule has 0 fully saturated rings. The van der Waals surface area contributed by atoms with Gasteiger partial charge in [-0.25, -0.2) is 9.50 Å². The van der Waals surface area contributed by atoms with Gasteiger partial charge in [0.05, 0.1) is 0 Å². The Morgan fingerprint density at radius 3 is 3.06 bits per heavy atom. The molecule has 0 aliphatic rings. The molecule has 0 aliphatic heterocycles. The van der Waals surface area contributed by atoms with E-state index in [1.165, 1.54) is 0 Å². The van der Waals surface area contributed by atoms with Crippen LogP contribution in [0.2, 0.25) is 0 Å². The van der Waals surface area contributed by atoms with Gasteiger partial charge in [-0.15, -0.1) is 0 Å². The molecule has 3 aromatic rings. The molecule has 3 heterocycles. The highest BCUT2D eigenvalue weighted by molar-refractivity contribution is 5.39. The van der Waals surface area contributed by atoms with Crippen LogP contribution in [-0.4, -0.2) is 24.4 Å². The Labute approximate surface area is 97.7 Å². The van der Waals surface area contributed by atoms with Gasteiger partial charge in [-0.2, -0.15) is 10.2 Å². The Morgan fingerprint density at radius 2 is 2.18 bits per heavy atom. The van der Waals surface area contributed by atoms with Gasteiger partial charge in [-0.05, 0) is 24.1 Å². The van der Waals surface area contributed by atoms with E-state index in [4.69, 9.17) is 0 Å². The normalized spacial score (nSPS) is 10.1. The second-order valence-corrected chi connectivity index (χ2v) is 3.45. The summed E-state index contributed by atoms with van der Waals surface area (Å²) in [6.07, 6.45) is 7.12. The van der Waals surface area contributed by atoms with Crippen molar-refractivity contribution in [3.63, 3.8) is 0 Å². The van der Waals surface area contributed by atoms with Crippen LogP contribution in [0.5, 0.6) is 0 Å². The van der Waals surface area contributed by atoms with E-state index in [0.29, 0.717) is 6.54 Å². The third kappa shape index (κ3) is 2.01. The first kappa shape index (κ1) is 9.60. The van der Waals surface area contributed by atoms with Gasteiger partial charge in [0.2, 0.25) is 0 Å². The van der Waals surface area contributed by atoms with Gasteiger partial charge in [0.25, 0.3) is 0 Å². The molecule has 0 amide bonds. The zero-order valence-corrected chi connectivity index (χ0v) is 8.98. The molecule has 0 aliphatic carbocycles. The molecule has 0 atom stereocenters. The molecule has 0 saturated carbocycles. The number of hydrogen-bond donors (Lipinski definition) is 0. The second-order valence-electron chi connectivity index (χ2n) is 3.45. The summed E-state index contributed by atoms with van der Waals surface area (Å²) in [5, 5.41) is 8.37. The Morgan fingerprint density at radius 1 is 1.18 bits per heavy atom. The van der Waals surface area contributed by atoms with Crippen LogP contribution in [0.3, 0.4) is 0 Å². The summed E-state index contributed by atoms with van der Waals surface area (Å²) >= 11 is 0. The quantitative estimate of drug-likeness (QED) is 0.578. The Hall–Kier alpha value is -2.61. The molecule has 5 nitrogen and oxygen atoms in total. The Balaban J connectivity index is 1.82. The van der Waals surface area contributed by atoms with Crippen molar-refractivity contribution in [3.05, 3.63) is 48.7 Å². The highest BCUT2D eigenvalue weighted by Crippen LogP contribution is 1.99. The summed E-state index contributed by atoms with van der Waals surface area (Å²) in [6, 6.07) is 5.63. The lowest BCUT2D eigenvalue weighted by Crippen LogP contribution is -1.96. The van der Waals surface area contributed by atoms with Crippen LogP contribution < -0.4 is 0 Å². The third-order valence-corrected chi connectivity index (χ3v) is 2.27. The first-order valence-corrected chi connectivity index (χ1v) is 5.18. The van der Waals surface area contributed by atoms with Crippen molar-refractivity contribution in [3.8, 4) is 11.8 Å². The van der Waals surface area contributed by atoms with Crippen molar-refractivity contribution in [2.75, 3.05) is 0 Å². The average Bonchev–Trinajstić information content (AvgIpc) is 2.98. The molecule has 17 heavy (non-hydrogen) atoms. The first-order valence-electron chi connectivity index (χ1n) is 5.18. The van der Waals surface area contributed by atoms with Gasteiger partial charge in [-0.1, -0.05) is 5.92 Å². The summed E-state index contributed by atoms with van der Waals surface area (Å²) < 4.78 is 3.47. The fraction of sp³-hybridized carbons (Fsp3) is 0.0833. The molecule has 82 valence electrons. The van der Waals surface area contributed by atoms with Crippen LogP contribution in [0.25, 0.3) is 5.65 Å². The van der Waals surface area contributed by atoms with E-state index >= 15 is 0 Å². The minimum absolute atomic E-state index is 0.566. The number of rotatable bonds is 1. The molecule has 3 aromatic heterocycles. The van der Waals surface area contributed by atoms with Crippen LogP contribution in [0, 0.1) is 11.8 Å². The van der Waals surface area contributed by atoms with Crippen molar-refractivity contribution in [1.29, 1.82) is 0 Å². The van der Waals surface area contributed by atoms with Gasteiger partial charge >= 0.3 is 0 Å². The van der Waals surface area contributed by atoms with E-state index in [-0.39, 0.29) is 0 Å². The molecule has 0 unspecified atom stereocenters. The maximum atomic E-state index is 4.30. The topological polar surface area (TPSA) is 48.0 Å². The summed E-state index contributed by atoms with van der Waals surface area (Å²) in [6.45, 7) is 0.566. The monoisotopic (exact) mass is 223 g/mol. The van der Waals surface area contributed by atoms with Crippen LogP contribution in [0.15, 0.2) is 43.0 Å². The minimum atomic E-state index is 0.566. The van der Waals surface area contributed by atoms with Crippen molar-refractivity contribution in [1.82, 2.24) is 24.4 Å². The molecule has 0 radical (unpaired) electrons. The van der Waals surface area contributed by atoms with Crippen molar-refractivity contribution < 1.29 is 0 Å². The SMILES string of the molecule is C(#Cc1ccc2nccn2n1)Cn1cccn1. The number of imidazole rings is 1. The average molecular weight is 223 g/mol. The van der Waals surface area contributed by atoms with Crippen molar-refractivity contribution >= 4 is 5.65 Å². The number of hydrogen-bond acceptors (Lipinski definition) is 3. The lowest BCUT2D eigenvalue weighted by molar-refractivity contribution is 0.715. The maximum Gasteiger partial charge on any atom is 0.153 e. The smallest absolute Gasteiger partial charge is 0.153 e. The van der Waals surface area contributed by atoms with Gasteiger partial charge in [0.15, 0.2) is 5.65 Å². The standard InChI is InChI=1S/C12H9N5/c1(8-16-9-2-6-14-16)3-11-4-5-12-13-7-10-17(12)15-11/h2,4-7,9-10H,8H2. The lowest BCUT2D eigenvalue weighted by Gasteiger charge is -1.93. The lowest BCUT2D eigenvalue weighted by atomic mass is 10.4. The molecule has 3 rings (SSSR count). The molecule has 0 spiro atoms. The molecule has 0 N–H and O–H groups in total. The summed E-state index contributed by atoms with van der Waals surface area (Å²) in [5.74, 6) is 6.01. The summed E-state index contributed by atoms with van der Waals surface area (Å²) in [7, 11) is 0. The minimum Gasteiger partial charge on any atom is -0.261 e. The van der Waals surface area contributed by atoms with Gasteiger partial charge < -0.3 is 0 Å². The van der Waals surface area contributed by atoms with E-state index in [1.54, 1.807) is 27.8 Å². The molecule has 0 aromatic carbocycles. The van der Waals surface area contributed by atoms with E-state index in [0.717, 1.165) is 11.3 Å². The predicted octanol–water partition coefficient (Wildman–Crippen LogP) is 0.977. The van der Waals surface area contributed by atoms with E-state index < -0.39 is 0 Å². The van der Waals surface area contributed by atoms with Crippen LogP contribution >= 0.6 is 0 Å². The molecular weight excluding hydrogens is 214 g/mol. The Bertz CT molecular complexity index is 684. The fourth-order valence-electron chi connectivity index (χ4n) is 1.49. The third-order valence-electron chi connectivity index (χ3n) is 2.27. The molecular formula is C12H9N5. The van der Waals surface area contributed by atoms with E-state index in [2.05, 4.69) is 27.0 Å². The molecule has 0 bridgehead atoms. The molecule has 0 saturated heterocycles. The van der Waals surface area contributed by atoms with E-state index in [9.17, 15) is 0 Å². The van der Waals surface area contributed by atoms with Gasteiger partial charge in [0, 0.05) is 24.8 Å². The number of fused-ring (bicyclic) bond motifs is 1. The van der Waals surface area contributed by atoms with Gasteiger partial charge in [-0.3, -0.25) is 4.68 Å². The van der Waals surface area contributed by atoms with Crippen LogP contribution in [0.4, 0.5) is 0 Å². The summed E-state index contributed by atoms with van der Waals surface area (Å²) in [5.41, 5.74) is 1.55. The summed E-state index contributed by atoms with van der Waals surface area (Å²) in [4.78, 5) is 4.12. The largest absolute Gasteiger partial charge is 0.261 e. The molecule has 5 heteroatoms. The zero-order valence-electron chi connectivity index (χ0n) is 8.98. The van der Waals surface area contributed by atoms with Crippen LogP contribution in [0.1, 0.15) is 5.69 Å². The van der Waals surface area contributed by atoms with E-state index in [1.807, 2.05) is 24.4 Å². The van der Waals surface area contributed by atoms with Crippen LogP contribution in [-0.2, 0) is 6.54 Å². The van der Waals surface area contributed by atoms with Crippen molar-refractivity contribution in [2.45, 2.75) is 6.54 Å². The maximum absolute atomic E-state index is 4.30. The first-order chi connectivity index (χ1) is 8.42. The fourth-order valence-corrected chi connectivity index (χ4v) is 1.49. The predicted molar refractivity (Wildman–Crippen MR) is 62.1 cm³/mol. The highest BCUT2D eigenvalue weighted by atomic mass is 15.3. The number of nitrogens with zero attached hydrogens (tertiary/aromatic N) is 5. The number of aromatic nitrogens is 5. The highest BCUT2D eigenvalue weighted by Gasteiger charge is 1.94.